The molecule has 0 spiro atoms. The van der Waals surface area contributed by atoms with Gasteiger partial charge in [-0.25, -0.2) is 4.79 Å². The highest BCUT2D eigenvalue weighted by molar-refractivity contribution is 5.86. The van der Waals surface area contributed by atoms with Crippen molar-refractivity contribution in [2.45, 2.75) is 31.3 Å². The van der Waals surface area contributed by atoms with Crippen LogP contribution in [0.2, 0.25) is 0 Å². The molecule has 4 aromatic carbocycles. The average Bonchev–Trinajstić information content (AvgIpc) is 3.32. The highest BCUT2D eigenvalue weighted by atomic mass is 16.5. The molecule has 8 heteroatoms. The smallest absolute Gasteiger partial charge is 0.407 e. The molecule has 1 aliphatic rings. The summed E-state index contributed by atoms with van der Waals surface area (Å²) in [7, 11) is 0. The van der Waals surface area contributed by atoms with Crippen molar-refractivity contribution < 1.29 is 29.3 Å². The Labute approximate surface area is 244 Å². The van der Waals surface area contributed by atoms with Gasteiger partial charge in [0.15, 0.2) is 0 Å². The van der Waals surface area contributed by atoms with Crippen molar-refractivity contribution in [3.63, 3.8) is 0 Å². The number of aliphatic carboxylic acids is 1. The highest BCUT2D eigenvalue weighted by Gasteiger charge is 2.31. The Morgan fingerprint density at radius 3 is 2.00 bits per heavy atom. The minimum atomic E-state index is -1.03. The molecule has 1 aliphatic carbocycles. The van der Waals surface area contributed by atoms with E-state index in [-0.39, 0.29) is 44.2 Å². The second-order valence-corrected chi connectivity index (χ2v) is 10.3. The normalized spacial score (nSPS) is 12.6. The monoisotopic (exact) mass is 564 g/mol. The number of rotatable bonds is 11. The fraction of sp³-hybridized carbons (Fsp3) is 0.206. The molecule has 0 aromatic heterocycles. The van der Waals surface area contributed by atoms with Crippen LogP contribution in [0.3, 0.4) is 0 Å². The number of fused-ring (bicyclic) bond motifs is 3. The van der Waals surface area contributed by atoms with Gasteiger partial charge in [0.25, 0.3) is 0 Å². The maximum atomic E-state index is 13.9. The first kappa shape index (κ1) is 28.4. The van der Waals surface area contributed by atoms with Crippen LogP contribution >= 0.6 is 0 Å². The second kappa shape index (κ2) is 13.0. The Morgan fingerprint density at radius 2 is 1.38 bits per heavy atom. The van der Waals surface area contributed by atoms with E-state index in [1.165, 1.54) is 17.0 Å². The van der Waals surface area contributed by atoms with Gasteiger partial charge in [0.05, 0.1) is 6.42 Å². The van der Waals surface area contributed by atoms with Gasteiger partial charge >= 0.3 is 12.1 Å². The molecule has 42 heavy (non-hydrogen) atoms. The Balaban J connectivity index is 1.34. The van der Waals surface area contributed by atoms with Crippen LogP contribution < -0.4 is 5.32 Å². The van der Waals surface area contributed by atoms with Gasteiger partial charge in [-0.05, 0) is 45.5 Å². The number of phenolic OH excluding ortho intramolecular Hbond substituents is 1. The van der Waals surface area contributed by atoms with Gasteiger partial charge in [-0.1, -0.05) is 91.0 Å². The molecule has 0 aliphatic heterocycles. The zero-order chi connectivity index (χ0) is 29.5. The fourth-order valence-electron chi connectivity index (χ4n) is 5.37. The largest absolute Gasteiger partial charge is 0.508 e. The van der Waals surface area contributed by atoms with E-state index >= 15 is 0 Å². The number of nitrogens with one attached hydrogen (secondary N) is 1. The van der Waals surface area contributed by atoms with Crippen molar-refractivity contribution in [3.8, 4) is 16.9 Å². The lowest BCUT2D eigenvalue weighted by atomic mass is 9.98. The van der Waals surface area contributed by atoms with E-state index in [2.05, 4.69) is 17.4 Å². The minimum absolute atomic E-state index is 0.0263. The molecule has 0 saturated heterocycles. The third kappa shape index (κ3) is 6.78. The zero-order valence-electron chi connectivity index (χ0n) is 23.0. The number of carbonyl (C=O) groups excluding carboxylic acids is 2. The zero-order valence-corrected chi connectivity index (χ0v) is 23.0. The second-order valence-electron chi connectivity index (χ2n) is 10.3. The first-order valence-corrected chi connectivity index (χ1v) is 13.8. The number of carboxylic acids is 1. The summed E-state index contributed by atoms with van der Waals surface area (Å²) in [6.45, 7) is 0.250. The van der Waals surface area contributed by atoms with Crippen LogP contribution in [-0.2, 0) is 27.3 Å². The Morgan fingerprint density at radius 1 is 0.786 bits per heavy atom. The summed E-state index contributed by atoms with van der Waals surface area (Å²) in [5, 5.41) is 21.8. The SMILES string of the molecule is O=C(O)CCN(Cc1ccccc1)C(=O)[C@H](Cc1ccc(O)cc1)NC(=O)OCC1c2ccccc2-c2ccccc21. The van der Waals surface area contributed by atoms with E-state index in [4.69, 9.17) is 4.74 Å². The molecule has 0 fully saturated rings. The topological polar surface area (TPSA) is 116 Å². The van der Waals surface area contributed by atoms with E-state index in [0.29, 0.717) is 5.56 Å². The molecule has 8 nitrogen and oxygen atoms in total. The maximum absolute atomic E-state index is 13.9. The number of benzene rings is 4. The van der Waals surface area contributed by atoms with Gasteiger partial charge in [-0.3, -0.25) is 9.59 Å². The summed E-state index contributed by atoms with van der Waals surface area (Å²) in [6, 6.07) is 30.7. The molecule has 0 unspecified atom stereocenters. The lowest BCUT2D eigenvalue weighted by Crippen LogP contribution is -2.50. The molecule has 0 radical (unpaired) electrons. The molecule has 4 aromatic rings. The third-order valence-electron chi connectivity index (χ3n) is 7.43. The molecule has 0 saturated carbocycles. The van der Waals surface area contributed by atoms with Gasteiger partial charge in [-0.15, -0.1) is 0 Å². The Bertz CT molecular complexity index is 1510. The molecule has 1 atom stereocenters. The van der Waals surface area contributed by atoms with E-state index in [0.717, 1.165) is 27.8 Å². The van der Waals surface area contributed by atoms with Gasteiger partial charge in [0.1, 0.15) is 18.4 Å². The van der Waals surface area contributed by atoms with Gasteiger partial charge < -0.3 is 25.2 Å². The number of phenols is 1. The van der Waals surface area contributed by atoms with Crippen molar-refractivity contribution in [1.82, 2.24) is 10.2 Å². The number of nitrogens with zero attached hydrogens (tertiary/aromatic N) is 1. The lowest BCUT2D eigenvalue weighted by molar-refractivity contribution is -0.139. The van der Waals surface area contributed by atoms with Crippen LogP contribution in [0.1, 0.15) is 34.6 Å². The predicted octanol–water partition coefficient (Wildman–Crippen LogP) is 5.35. The average molecular weight is 565 g/mol. The van der Waals surface area contributed by atoms with E-state index in [1.807, 2.05) is 66.7 Å². The maximum Gasteiger partial charge on any atom is 0.407 e. The molecule has 0 heterocycles. The first-order valence-electron chi connectivity index (χ1n) is 13.8. The van der Waals surface area contributed by atoms with E-state index in [1.54, 1.807) is 12.1 Å². The summed E-state index contributed by atoms with van der Waals surface area (Å²) in [5.41, 5.74) is 5.91. The van der Waals surface area contributed by atoms with E-state index < -0.39 is 24.0 Å². The number of hydrogen-bond acceptors (Lipinski definition) is 5. The van der Waals surface area contributed by atoms with Gasteiger partial charge in [0.2, 0.25) is 5.91 Å². The molecule has 214 valence electrons. The van der Waals surface area contributed by atoms with Crippen LogP contribution in [0.5, 0.6) is 5.75 Å². The van der Waals surface area contributed by atoms with Crippen LogP contribution in [0.4, 0.5) is 4.79 Å². The predicted molar refractivity (Wildman–Crippen MR) is 158 cm³/mol. The molecule has 5 rings (SSSR count). The number of amides is 2. The number of carbonyl (C=O) groups is 3. The van der Waals surface area contributed by atoms with Crippen molar-refractivity contribution in [1.29, 1.82) is 0 Å². The standard InChI is InChI=1S/C34H32N2O6/c37-25-16-14-23(15-17-25)20-31(33(40)36(19-18-32(38)39)21-24-8-2-1-3-9-24)35-34(41)42-22-30-28-12-6-4-10-26(28)27-11-5-7-13-29(27)30/h1-17,30-31,37H,18-22H2,(H,35,41)(H,38,39)/t31-/m0/s1. The van der Waals surface area contributed by atoms with Crippen LogP contribution in [-0.4, -0.2) is 52.3 Å². The van der Waals surface area contributed by atoms with Gasteiger partial charge in [-0.2, -0.15) is 0 Å². The van der Waals surface area contributed by atoms with Crippen LogP contribution in [0, 0.1) is 0 Å². The summed E-state index contributed by atoms with van der Waals surface area (Å²) in [4.78, 5) is 39.9. The Hall–Kier alpha value is -5.11. The molecule has 3 N–H and O–H groups in total. The lowest BCUT2D eigenvalue weighted by Gasteiger charge is -2.28. The number of carboxylic acid groups (broad SMARTS) is 1. The molecular formula is C34H32N2O6. The van der Waals surface area contributed by atoms with Crippen molar-refractivity contribution in [3.05, 3.63) is 125 Å². The van der Waals surface area contributed by atoms with Crippen molar-refractivity contribution in [2.75, 3.05) is 13.2 Å². The number of hydrogen-bond donors (Lipinski definition) is 3. The summed E-state index contributed by atoms with van der Waals surface area (Å²) in [5.74, 6) is -1.51. The van der Waals surface area contributed by atoms with Crippen molar-refractivity contribution in [2.24, 2.45) is 0 Å². The van der Waals surface area contributed by atoms with Gasteiger partial charge in [0, 0.05) is 25.4 Å². The quantitative estimate of drug-likeness (QED) is 0.226. The van der Waals surface area contributed by atoms with E-state index in [9.17, 15) is 24.6 Å². The number of alkyl carbamates (subject to hydrolysis) is 1. The molecular weight excluding hydrogens is 532 g/mol. The summed E-state index contributed by atoms with van der Waals surface area (Å²) >= 11 is 0. The molecule has 2 amide bonds. The third-order valence-corrected chi connectivity index (χ3v) is 7.43. The summed E-state index contributed by atoms with van der Waals surface area (Å²) < 4.78 is 5.72. The summed E-state index contributed by atoms with van der Waals surface area (Å²) in [6.07, 6.45) is -0.858. The highest BCUT2D eigenvalue weighted by Crippen LogP contribution is 2.44. The number of aromatic hydroxyl groups is 1. The minimum Gasteiger partial charge on any atom is -0.508 e. The van der Waals surface area contributed by atoms with Crippen LogP contribution in [0.15, 0.2) is 103 Å². The fourth-order valence-corrected chi connectivity index (χ4v) is 5.37. The molecule has 0 bridgehead atoms. The van der Waals surface area contributed by atoms with Crippen molar-refractivity contribution >= 4 is 18.0 Å². The first-order chi connectivity index (χ1) is 20.4. The van der Waals surface area contributed by atoms with Crippen LogP contribution in [0.25, 0.3) is 11.1 Å². The number of ether oxygens (including phenoxy) is 1. The Kier molecular flexibility index (Phi) is 8.82.